The zero-order valence-corrected chi connectivity index (χ0v) is 20.9. The van der Waals surface area contributed by atoms with Crippen LogP contribution in [-0.2, 0) is 4.79 Å². The molecular weight excluding hydrogens is 450 g/mol. The molecule has 0 unspecified atom stereocenters. The lowest BCUT2D eigenvalue weighted by atomic mass is 10.0. The molecule has 4 aromatic rings. The first-order valence-corrected chi connectivity index (χ1v) is 12.2. The summed E-state index contributed by atoms with van der Waals surface area (Å²) in [6.45, 7) is 5.66. The van der Waals surface area contributed by atoms with Crippen molar-refractivity contribution in [3.8, 4) is 11.1 Å². The van der Waals surface area contributed by atoms with Gasteiger partial charge in [-0.1, -0.05) is 30.3 Å². The second kappa shape index (κ2) is 10.2. The fraction of sp³-hybridized carbons (Fsp3) is 0.250. The Hall–Kier alpha value is -4.17. The van der Waals surface area contributed by atoms with Gasteiger partial charge in [0, 0.05) is 68.7 Å². The van der Waals surface area contributed by atoms with Gasteiger partial charge in [0.1, 0.15) is 0 Å². The second-order valence-electron chi connectivity index (χ2n) is 9.09. The maximum atomic E-state index is 11.3. The molecule has 1 amide bonds. The number of hydrogen-bond donors (Lipinski definition) is 3. The van der Waals surface area contributed by atoms with E-state index in [4.69, 9.17) is 4.98 Å². The number of benzene rings is 3. The average molecular weight is 482 g/mol. The molecule has 0 aliphatic carbocycles. The van der Waals surface area contributed by atoms with Crippen LogP contribution in [0.3, 0.4) is 0 Å². The second-order valence-corrected chi connectivity index (χ2v) is 9.09. The number of anilines is 5. The smallest absolute Gasteiger partial charge is 0.227 e. The first-order valence-electron chi connectivity index (χ1n) is 12.2. The van der Waals surface area contributed by atoms with Gasteiger partial charge in [-0.15, -0.1) is 0 Å². The van der Waals surface area contributed by atoms with E-state index in [1.807, 2.05) is 49.6 Å². The van der Waals surface area contributed by atoms with Gasteiger partial charge in [0.25, 0.3) is 0 Å². The minimum Gasteiger partial charge on any atom is -0.386 e. The highest BCUT2D eigenvalue weighted by atomic mass is 16.1. The van der Waals surface area contributed by atoms with Crippen LogP contribution in [0.15, 0.2) is 66.9 Å². The van der Waals surface area contributed by atoms with E-state index >= 15 is 0 Å². The van der Waals surface area contributed by atoms with Crippen molar-refractivity contribution in [2.45, 2.75) is 6.92 Å². The van der Waals surface area contributed by atoms with Gasteiger partial charge in [-0.3, -0.25) is 4.79 Å². The Morgan fingerprint density at radius 3 is 2.42 bits per heavy atom. The predicted octanol–water partition coefficient (Wildman–Crippen LogP) is 4.79. The van der Waals surface area contributed by atoms with E-state index < -0.39 is 0 Å². The molecule has 8 nitrogen and oxygen atoms in total. The number of rotatable bonds is 6. The number of piperazine rings is 1. The fourth-order valence-electron chi connectivity index (χ4n) is 4.55. The average Bonchev–Trinajstić information content (AvgIpc) is 2.89. The summed E-state index contributed by atoms with van der Waals surface area (Å²) in [4.78, 5) is 25.5. The maximum Gasteiger partial charge on any atom is 0.227 e. The van der Waals surface area contributed by atoms with Gasteiger partial charge in [-0.2, -0.15) is 0 Å². The molecule has 0 saturated carbocycles. The minimum atomic E-state index is -0.0886. The number of nitrogens with one attached hydrogen (secondary N) is 3. The highest BCUT2D eigenvalue weighted by molar-refractivity contribution is 5.95. The van der Waals surface area contributed by atoms with Gasteiger partial charge in [0.2, 0.25) is 11.9 Å². The summed E-state index contributed by atoms with van der Waals surface area (Å²) in [5, 5.41) is 10.5. The quantitative estimate of drug-likeness (QED) is 0.365. The lowest BCUT2D eigenvalue weighted by Gasteiger charge is -2.35. The summed E-state index contributed by atoms with van der Waals surface area (Å²) in [6.07, 6.45) is 1.84. The highest BCUT2D eigenvalue weighted by Gasteiger charge is 2.17. The van der Waals surface area contributed by atoms with E-state index in [9.17, 15) is 4.79 Å². The molecule has 2 heterocycles. The van der Waals surface area contributed by atoms with Gasteiger partial charge in [-0.25, -0.2) is 9.97 Å². The summed E-state index contributed by atoms with van der Waals surface area (Å²) in [7, 11) is 4.12. The number of para-hydroxylation sites is 1. The van der Waals surface area contributed by atoms with Gasteiger partial charge in [0.15, 0.2) is 0 Å². The summed E-state index contributed by atoms with van der Waals surface area (Å²) in [6, 6.07) is 20.2. The van der Waals surface area contributed by atoms with Crippen molar-refractivity contribution >= 4 is 45.5 Å². The van der Waals surface area contributed by atoms with Crippen LogP contribution in [0.5, 0.6) is 0 Å². The minimum absolute atomic E-state index is 0.0886. The SMILES string of the molecule is CNc1cc(Nc2ncc3cccc(-c4ccc(NC(C)=O)cc4)c3n2)ccc1N1CCN(C)CC1. The van der Waals surface area contributed by atoms with Crippen molar-refractivity contribution in [2.75, 3.05) is 61.1 Å². The molecule has 3 aromatic carbocycles. The normalized spacial score (nSPS) is 14.0. The summed E-state index contributed by atoms with van der Waals surface area (Å²) in [5.74, 6) is 0.452. The van der Waals surface area contributed by atoms with E-state index in [-0.39, 0.29) is 5.91 Å². The molecule has 0 bridgehead atoms. The molecule has 36 heavy (non-hydrogen) atoms. The van der Waals surface area contributed by atoms with Crippen molar-refractivity contribution in [2.24, 2.45) is 0 Å². The number of amides is 1. The van der Waals surface area contributed by atoms with Crippen molar-refractivity contribution < 1.29 is 4.79 Å². The Morgan fingerprint density at radius 1 is 0.944 bits per heavy atom. The molecule has 0 spiro atoms. The van der Waals surface area contributed by atoms with Crippen molar-refractivity contribution in [1.82, 2.24) is 14.9 Å². The molecule has 1 aliphatic rings. The van der Waals surface area contributed by atoms with E-state index in [0.717, 1.165) is 65.3 Å². The molecular formula is C28H31N7O. The fourth-order valence-corrected chi connectivity index (χ4v) is 4.55. The van der Waals surface area contributed by atoms with Crippen LogP contribution in [0.1, 0.15) is 6.92 Å². The Kier molecular flexibility index (Phi) is 6.69. The molecule has 1 aromatic heterocycles. The molecule has 5 rings (SSSR count). The first-order chi connectivity index (χ1) is 17.5. The topological polar surface area (TPSA) is 85.4 Å². The standard InChI is InChI=1S/C28H31N7O/c1-19(36)31-22-9-7-20(8-10-22)24-6-4-5-21-18-30-28(33-27(21)24)32-23-11-12-26(25(17-23)29-2)35-15-13-34(3)14-16-35/h4-12,17-18,29H,13-16H2,1-3H3,(H,31,36)(H,30,32,33). The van der Waals surface area contributed by atoms with Gasteiger partial charge < -0.3 is 25.8 Å². The van der Waals surface area contributed by atoms with Crippen LogP contribution in [0, 0.1) is 0 Å². The van der Waals surface area contributed by atoms with Crippen LogP contribution in [0.25, 0.3) is 22.0 Å². The third kappa shape index (κ3) is 5.08. The molecule has 3 N–H and O–H groups in total. The Morgan fingerprint density at radius 2 is 1.69 bits per heavy atom. The predicted molar refractivity (Wildman–Crippen MR) is 148 cm³/mol. The number of hydrogen-bond acceptors (Lipinski definition) is 7. The molecule has 1 saturated heterocycles. The zero-order chi connectivity index (χ0) is 25.1. The van der Waals surface area contributed by atoms with E-state index in [1.54, 1.807) is 0 Å². The zero-order valence-electron chi connectivity index (χ0n) is 20.9. The molecule has 0 radical (unpaired) electrons. The van der Waals surface area contributed by atoms with Crippen LogP contribution in [-0.4, -0.2) is 61.0 Å². The largest absolute Gasteiger partial charge is 0.386 e. The number of likely N-dealkylation sites (N-methyl/N-ethyl adjacent to an activating group) is 1. The molecule has 1 fully saturated rings. The van der Waals surface area contributed by atoms with Gasteiger partial charge in [0.05, 0.1) is 16.9 Å². The van der Waals surface area contributed by atoms with Crippen LogP contribution in [0.4, 0.5) is 28.7 Å². The first kappa shape index (κ1) is 23.6. The van der Waals surface area contributed by atoms with Gasteiger partial charge in [-0.05, 0) is 42.9 Å². The lowest BCUT2D eigenvalue weighted by molar-refractivity contribution is -0.114. The summed E-state index contributed by atoms with van der Waals surface area (Å²) < 4.78 is 0. The number of nitrogens with zero attached hydrogens (tertiary/aromatic N) is 4. The van der Waals surface area contributed by atoms with Crippen LogP contribution < -0.4 is 20.9 Å². The molecule has 184 valence electrons. The third-order valence-corrected chi connectivity index (χ3v) is 6.49. The Bertz CT molecular complexity index is 1380. The third-order valence-electron chi connectivity index (χ3n) is 6.49. The Balaban J connectivity index is 1.41. The van der Waals surface area contributed by atoms with E-state index in [1.165, 1.54) is 12.6 Å². The van der Waals surface area contributed by atoms with E-state index in [2.05, 4.69) is 62.0 Å². The summed E-state index contributed by atoms with van der Waals surface area (Å²) >= 11 is 0. The number of carbonyl (C=O) groups excluding carboxylic acids is 1. The van der Waals surface area contributed by atoms with Crippen molar-refractivity contribution in [3.05, 3.63) is 66.9 Å². The van der Waals surface area contributed by atoms with Crippen LogP contribution >= 0.6 is 0 Å². The molecule has 0 atom stereocenters. The number of carbonyl (C=O) groups is 1. The highest BCUT2D eigenvalue weighted by Crippen LogP contribution is 2.32. The van der Waals surface area contributed by atoms with Crippen LogP contribution in [0.2, 0.25) is 0 Å². The monoisotopic (exact) mass is 481 g/mol. The molecule has 8 heteroatoms. The Labute approximate surface area is 211 Å². The van der Waals surface area contributed by atoms with Gasteiger partial charge >= 0.3 is 0 Å². The van der Waals surface area contributed by atoms with Crippen molar-refractivity contribution in [1.29, 1.82) is 0 Å². The van der Waals surface area contributed by atoms with E-state index in [0.29, 0.717) is 5.95 Å². The number of fused-ring (bicyclic) bond motifs is 1. The lowest BCUT2D eigenvalue weighted by Crippen LogP contribution is -2.44. The molecule has 1 aliphatic heterocycles. The number of aromatic nitrogens is 2. The summed E-state index contributed by atoms with van der Waals surface area (Å²) in [5.41, 5.74) is 6.87. The van der Waals surface area contributed by atoms with Crippen molar-refractivity contribution in [3.63, 3.8) is 0 Å². The maximum absolute atomic E-state index is 11.3.